The average Bonchev–Trinajstić information content (AvgIpc) is 2.96. The minimum atomic E-state index is -2.75. The fourth-order valence-corrected chi connectivity index (χ4v) is 2.29. The van der Waals surface area contributed by atoms with E-state index in [0.717, 1.165) is 4.68 Å². The van der Waals surface area contributed by atoms with Crippen molar-refractivity contribution in [2.45, 2.75) is 13.0 Å². The summed E-state index contributed by atoms with van der Waals surface area (Å²) in [4.78, 5) is 12.3. The Labute approximate surface area is 135 Å². The number of carbonyl (C=O) groups excluding carboxylic acids is 1. The Morgan fingerprint density at radius 3 is 2.71 bits per heavy atom. The summed E-state index contributed by atoms with van der Waals surface area (Å²) in [7, 11) is 0. The lowest BCUT2D eigenvalue weighted by Gasteiger charge is -2.19. The van der Waals surface area contributed by atoms with Crippen LogP contribution in [0.15, 0.2) is 48.8 Å². The predicted molar refractivity (Wildman–Crippen MR) is 82.8 cm³/mol. The van der Waals surface area contributed by atoms with Crippen molar-refractivity contribution >= 4 is 17.4 Å². The van der Waals surface area contributed by atoms with Gasteiger partial charge in [-0.15, -0.1) is 0 Å². The SMILES string of the molecule is C=C1C=C(C(F)F)n2ncc(C(=O)NCc3ccc(F)cc3)c2N1. The molecule has 0 unspecified atom stereocenters. The van der Waals surface area contributed by atoms with Gasteiger partial charge in [-0.3, -0.25) is 4.79 Å². The Hall–Kier alpha value is -3.03. The first-order chi connectivity index (χ1) is 11.5. The summed E-state index contributed by atoms with van der Waals surface area (Å²) in [5.41, 5.74) is 0.707. The van der Waals surface area contributed by atoms with E-state index in [-0.39, 0.29) is 35.1 Å². The standard InChI is InChI=1S/C16H13F3N4O/c1-9-6-13(14(18)19)23-15(22-9)12(8-21-23)16(24)20-7-10-2-4-11(17)5-3-10/h2-6,8,14,22H,1,7H2,(H,20,24). The average molecular weight is 334 g/mol. The highest BCUT2D eigenvalue weighted by Crippen LogP contribution is 2.29. The lowest BCUT2D eigenvalue weighted by atomic mass is 10.2. The quantitative estimate of drug-likeness (QED) is 0.904. The van der Waals surface area contributed by atoms with Gasteiger partial charge in [0.2, 0.25) is 0 Å². The van der Waals surface area contributed by atoms with Crippen LogP contribution in [0.3, 0.4) is 0 Å². The molecule has 0 spiro atoms. The molecule has 2 N–H and O–H groups in total. The van der Waals surface area contributed by atoms with Gasteiger partial charge in [0, 0.05) is 12.2 Å². The number of aromatic nitrogens is 2. The molecule has 0 radical (unpaired) electrons. The second kappa shape index (κ2) is 6.23. The third-order valence-corrected chi connectivity index (χ3v) is 3.45. The highest BCUT2D eigenvalue weighted by atomic mass is 19.3. The second-order valence-corrected chi connectivity index (χ2v) is 5.15. The summed E-state index contributed by atoms with van der Waals surface area (Å²) in [5.74, 6) is -0.726. The largest absolute Gasteiger partial charge is 0.348 e. The number of nitrogens with one attached hydrogen (secondary N) is 2. The first kappa shape index (κ1) is 15.9. The van der Waals surface area contributed by atoms with Gasteiger partial charge in [0.15, 0.2) is 0 Å². The summed E-state index contributed by atoms with van der Waals surface area (Å²) in [6, 6.07) is 5.66. The van der Waals surface area contributed by atoms with E-state index in [1.165, 1.54) is 24.4 Å². The number of benzene rings is 1. The van der Waals surface area contributed by atoms with E-state index in [1.54, 1.807) is 12.1 Å². The molecule has 8 heteroatoms. The number of carbonyl (C=O) groups is 1. The fourth-order valence-electron chi connectivity index (χ4n) is 2.29. The molecule has 24 heavy (non-hydrogen) atoms. The maximum atomic E-state index is 13.1. The van der Waals surface area contributed by atoms with E-state index in [1.807, 2.05) is 0 Å². The van der Waals surface area contributed by atoms with Gasteiger partial charge in [-0.05, 0) is 23.8 Å². The molecule has 1 amide bonds. The number of halogens is 3. The Morgan fingerprint density at radius 1 is 1.33 bits per heavy atom. The molecular formula is C16H13F3N4O. The van der Waals surface area contributed by atoms with E-state index < -0.39 is 12.3 Å². The predicted octanol–water partition coefficient (Wildman–Crippen LogP) is 3.00. The lowest BCUT2D eigenvalue weighted by Crippen LogP contribution is -2.25. The van der Waals surface area contributed by atoms with Crippen LogP contribution in [0.4, 0.5) is 19.0 Å². The van der Waals surface area contributed by atoms with Gasteiger partial charge >= 0.3 is 0 Å². The number of rotatable bonds is 4. The topological polar surface area (TPSA) is 59.0 Å². The van der Waals surface area contributed by atoms with Gasteiger partial charge in [0.1, 0.15) is 22.9 Å². The van der Waals surface area contributed by atoms with Crippen LogP contribution in [0.5, 0.6) is 0 Å². The highest BCUT2D eigenvalue weighted by molar-refractivity contribution is 6.00. The van der Waals surface area contributed by atoms with Crippen LogP contribution in [0.2, 0.25) is 0 Å². The Kier molecular flexibility index (Phi) is 4.11. The molecule has 0 fully saturated rings. The number of allylic oxidation sites excluding steroid dienone is 2. The zero-order valence-electron chi connectivity index (χ0n) is 12.4. The van der Waals surface area contributed by atoms with Crippen molar-refractivity contribution in [3.63, 3.8) is 0 Å². The zero-order chi connectivity index (χ0) is 17.3. The van der Waals surface area contributed by atoms with Crippen molar-refractivity contribution in [3.05, 3.63) is 65.8 Å². The molecule has 3 rings (SSSR count). The molecule has 0 saturated carbocycles. The molecule has 5 nitrogen and oxygen atoms in total. The van der Waals surface area contributed by atoms with Gasteiger partial charge in [0.25, 0.3) is 12.3 Å². The van der Waals surface area contributed by atoms with Gasteiger partial charge in [-0.25, -0.2) is 17.9 Å². The molecule has 1 aromatic heterocycles. The smallest absolute Gasteiger partial charge is 0.280 e. The number of anilines is 1. The molecule has 1 aliphatic heterocycles. The van der Waals surface area contributed by atoms with Crippen LogP contribution in [-0.2, 0) is 6.54 Å². The maximum Gasteiger partial charge on any atom is 0.280 e. The first-order valence-electron chi connectivity index (χ1n) is 7.02. The summed E-state index contributed by atoms with van der Waals surface area (Å²) in [6.45, 7) is 3.77. The monoisotopic (exact) mass is 334 g/mol. The van der Waals surface area contributed by atoms with Crippen molar-refractivity contribution in [1.82, 2.24) is 15.1 Å². The van der Waals surface area contributed by atoms with Crippen LogP contribution in [0, 0.1) is 5.82 Å². The van der Waals surface area contributed by atoms with Crippen LogP contribution >= 0.6 is 0 Å². The van der Waals surface area contributed by atoms with Crippen molar-refractivity contribution in [3.8, 4) is 0 Å². The molecular weight excluding hydrogens is 321 g/mol. The highest BCUT2D eigenvalue weighted by Gasteiger charge is 2.26. The summed E-state index contributed by atoms with van der Waals surface area (Å²) in [6.07, 6.45) is -0.375. The molecule has 124 valence electrons. The van der Waals surface area contributed by atoms with E-state index in [0.29, 0.717) is 5.56 Å². The second-order valence-electron chi connectivity index (χ2n) is 5.15. The zero-order valence-corrected chi connectivity index (χ0v) is 12.4. The van der Waals surface area contributed by atoms with Crippen LogP contribution in [-0.4, -0.2) is 22.1 Å². The van der Waals surface area contributed by atoms with Crippen molar-refractivity contribution in [2.24, 2.45) is 0 Å². The summed E-state index contributed by atoms with van der Waals surface area (Å²) >= 11 is 0. The first-order valence-corrected chi connectivity index (χ1v) is 7.02. The van der Waals surface area contributed by atoms with E-state index in [2.05, 4.69) is 22.3 Å². The molecule has 0 aliphatic carbocycles. The molecule has 0 atom stereocenters. The fraction of sp³-hybridized carbons (Fsp3) is 0.125. The Morgan fingerprint density at radius 2 is 2.04 bits per heavy atom. The lowest BCUT2D eigenvalue weighted by molar-refractivity contribution is 0.0951. The number of fused-ring (bicyclic) bond motifs is 1. The van der Waals surface area contributed by atoms with E-state index >= 15 is 0 Å². The Balaban J connectivity index is 1.79. The van der Waals surface area contributed by atoms with E-state index in [4.69, 9.17) is 0 Å². The normalized spacial score (nSPS) is 13.3. The Bertz CT molecular complexity index is 824. The number of alkyl halides is 2. The molecule has 2 aromatic rings. The molecule has 2 heterocycles. The van der Waals surface area contributed by atoms with Gasteiger partial charge in [-0.2, -0.15) is 5.10 Å². The maximum absolute atomic E-state index is 13.1. The van der Waals surface area contributed by atoms with Crippen molar-refractivity contribution in [1.29, 1.82) is 0 Å². The van der Waals surface area contributed by atoms with E-state index in [9.17, 15) is 18.0 Å². The molecule has 1 aliphatic rings. The van der Waals surface area contributed by atoms with Crippen LogP contribution in [0.1, 0.15) is 15.9 Å². The summed E-state index contributed by atoms with van der Waals surface area (Å²) in [5, 5.41) is 9.24. The van der Waals surface area contributed by atoms with Gasteiger partial charge in [-0.1, -0.05) is 18.7 Å². The number of nitrogens with zero attached hydrogens (tertiary/aromatic N) is 2. The molecule has 0 saturated heterocycles. The van der Waals surface area contributed by atoms with Crippen molar-refractivity contribution < 1.29 is 18.0 Å². The van der Waals surface area contributed by atoms with Crippen molar-refractivity contribution in [2.75, 3.05) is 5.32 Å². The molecule has 0 bridgehead atoms. The third kappa shape index (κ3) is 3.03. The number of amides is 1. The number of hydrogen-bond acceptors (Lipinski definition) is 3. The molecule has 1 aromatic carbocycles. The van der Waals surface area contributed by atoms with Crippen LogP contribution < -0.4 is 10.6 Å². The van der Waals surface area contributed by atoms with Gasteiger partial charge < -0.3 is 10.6 Å². The third-order valence-electron chi connectivity index (χ3n) is 3.45. The van der Waals surface area contributed by atoms with Crippen LogP contribution in [0.25, 0.3) is 5.70 Å². The summed E-state index contributed by atoms with van der Waals surface area (Å²) < 4.78 is 39.9. The number of hydrogen-bond donors (Lipinski definition) is 2. The minimum Gasteiger partial charge on any atom is -0.348 e. The van der Waals surface area contributed by atoms with Gasteiger partial charge in [0.05, 0.1) is 6.20 Å². The minimum absolute atomic E-state index is 0.115.